The first-order valence-electron chi connectivity index (χ1n) is 8.61. The highest BCUT2D eigenvalue weighted by Crippen LogP contribution is 2.50. The minimum atomic E-state index is -1.39. The molecule has 0 saturated carbocycles. The van der Waals surface area contributed by atoms with E-state index in [1.165, 1.54) is 0 Å². The van der Waals surface area contributed by atoms with Crippen LogP contribution in [0.1, 0.15) is 16.7 Å². The third kappa shape index (κ3) is 2.65. The van der Waals surface area contributed by atoms with Crippen molar-refractivity contribution in [2.45, 2.75) is 69.1 Å². The summed E-state index contributed by atoms with van der Waals surface area (Å²) >= 11 is 0. The normalized spacial score (nSPS) is 21.6. The largest absolute Gasteiger partial charge is 0.0834 e. The summed E-state index contributed by atoms with van der Waals surface area (Å²) in [7, 11) is -4.03. The quantitative estimate of drug-likeness (QED) is 0.451. The van der Waals surface area contributed by atoms with Crippen LogP contribution in [0.2, 0.25) is 58.9 Å². The molecule has 0 aromatic heterocycles. The van der Waals surface area contributed by atoms with Crippen LogP contribution in [-0.4, -0.2) is 24.2 Å². The molecule has 2 rings (SSSR count). The second-order valence-corrected chi connectivity index (χ2v) is 26.5. The molecule has 0 bridgehead atoms. The zero-order chi connectivity index (χ0) is 17.0. The van der Waals surface area contributed by atoms with E-state index < -0.39 is 24.2 Å². The molecule has 3 heteroatoms. The van der Waals surface area contributed by atoms with Gasteiger partial charge in [-0.1, -0.05) is 95.3 Å². The summed E-state index contributed by atoms with van der Waals surface area (Å²) in [6.07, 6.45) is 5.31. The molecule has 0 amide bonds. The van der Waals surface area contributed by atoms with E-state index in [0.717, 1.165) is 0 Å². The highest BCUT2D eigenvalue weighted by molar-refractivity contribution is 6.99. The van der Waals surface area contributed by atoms with Crippen LogP contribution >= 0.6 is 0 Å². The lowest BCUT2D eigenvalue weighted by Gasteiger charge is -2.54. The maximum absolute atomic E-state index is 2.69. The Bertz CT molecular complexity index is 566. The third-order valence-electron chi connectivity index (χ3n) is 5.56. The molecule has 0 radical (unpaired) electrons. The van der Waals surface area contributed by atoms with Crippen molar-refractivity contribution in [3.05, 3.63) is 47.5 Å². The Balaban J connectivity index is 2.81. The fourth-order valence-electron chi connectivity index (χ4n) is 4.75. The highest BCUT2D eigenvalue weighted by Gasteiger charge is 2.54. The molecule has 1 atom stereocenters. The number of benzene rings is 1. The molecular weight excluding hydrogens is 312 g/mol. The topological polar surface area (TPSA) is 0 Å². The second-order valence-electron chi connectivity index (χ2n) is 10.1. The Hall–Kier alpha value is -0.389. The molecule has 1 aliphatic rings. The Kier molecular flexibility index (Phi) is 4.34. The monoisotopic (exact) mass is 346 g/mol. The van der Waals surface area contributed by atoms with Crippen LogP contribution in [0, 0.1) is 0 Å². The fourth-order valence-corrected chi connectivity index (χ4v) is 18.9. The van der Waals surface area contributed by atoms with E-state index in [4.69, 9.17) is 0 Å². The first-order chi connectivity index (χ1) is 9.82. The average molecular weight is 347 g/mol. The molecule has 1 aromatic rings. The average Bonchev–Trinajstić information content (AvgIpc) is 2.33. The van der Waals surface area contributed by atoms with E-state index in [-0.39, 0.29) is 0 Å². The van der Waals surface area contributed by atoms with Gasteiger partial charge in [-0.25, -0.2) is 0 Å². The lowest BCUT2D eigenvalue weighted by atomic mass is 9.95. The molecule has 1 aliphatic carbocycles. The molecule has 0 N–H and O–H groups in total. The van der Waals surface area contributed by atoms with Gasteiger partial charge in [0.1, 0.15) is 0 Å². The molecule has 0 saturated heterocycles. The zero-order valence-corrected chi connectivity index (χ0v) is 19.0. The van der Waals surface area contributed by atoms with Gasteiger partial charge in [-0.3, -0.25) is 0 Å². The molecule has 22 heavy (non-hydrogen) atoms. The van der Waals surface area contributed by atoms with Gasteiger partial charge in [-0.05, 0) is 16.7 Å². The Labute approximate surface area is 141 Å². The predicted molar refractivity (Wildman–Crippen MR) is 110 cm³/mol. The van der Waals surface area contributed by atoms with E-state index in [1.807, 2.05) is 0 Å². The Morgan fingerprint density at radius 3 is 1.73 bits per heavy atom. The third-order valence-corrected chi connectivity index (χ3v) is 18.0. The maximum Gasteiger partial charge on any atom is 0.0570 e. The smallest absolute Gasteiger partial charge is 0.0570 e. The molecule has 122 valence electrons. The number of hydrogen-bond donors (Lipinski definition) is 0. The standard InChI is InChI=1S/C19H34Si3/c1-20(2,3)18-14-15-19(21(4,5)6,22(7,8)9)17-13-11-10-12-16(17)18/h10-15,18H,1-9H3/t18-/m1/s1. The summed E-state index contributed by atoms with van der Waals surface area (Å²) in [4.78, 5) is 0. The highest BCUT2D eigenvalue weighted by atomic mass is 28.4. The van der Waals surface area contributed by atoms with E-state index in [1.54, 1.807) is 11.1 Å². The fraction of sp³-hybridized carbons (Fsp3) is 0.579. The Morgan fingerprint density at radius 2 is 1.27 bits per heavy atom. The summed E-state index contributed by atoms with van der Waals surface area (Å²) in [5.41, 5.74) is 4.00. The Morgan fingerprint density at radius 1 is 0.773 bits per heavy atom. The van der Waals surface area contributed by atoms with Gasteiger partial charge in [0.2, 0.25) is 0 Å². The van der Waals surface area contributed by atoms with Crippen LogP contribution in [0.3, 0.4) is 0 Å². The second kappa shape index (κ2) is 5.32. The number of rotatable bonds is 3. The molecular formula is C19H34Si3. The van der Waals surface area contributed by atoms with Crippen LogP contribution in [-0.2, 0) is 4.66 Å². The van der Waals surface area contributed by atoms with Crippen molar-refractivity contribution in [2.75, 3.05) is 0 Å². The summed E-state index contributed by atoms with van der Waals surface area (Å²) in [6.45, 7) is 23.0. The lowest BCUT2D eigenvalue weighted by molar-refractivity contribution is 0.882. The van der Waals surface area contributed by atoms with Gasteiger partial charge in [-0.2, -0.15) is 0 Å². The van der Waals surface area contributed by atoms with Crippen molar-refractivity contribution in [3.63, 3.8) is 0 Å². The summed E-state index contributed by atoms with van der Waals surface area (Å²) in [5, 5.41) is 0. The van der Waals surface area contributed by atoms with Crippen molar-refractivity contribution in [3.8, 4) is 0 Å². The minimum Gasteiger partial charge on any atom is -0.0834 e. The van der Waals surface area contributed by atoms with Crippen LogP contribution in [0.25, 0.3) is 0 Å². The number of fused-ring (bicyclic) bond motifs is 1. The van der Waals surface area contributed by atoms with Crippen molar-refractivity contribution < 1.29 is 0 Å². The molecule has 1 aromatic carbocycles. The van der Waals surface area contributed by atoms with E-state index in [9.17, 15) is 0 Å². The summed E-state index contributed by atoms with van der Waals surface area (Å²) in [6, 6.07) is 9.41. The van der Waals surface area contributed by atoms with Crippen LogP contribution in [0.5, 0.6) is 0 Å². The SMILES string of the molecule is C[Si](C)(C)[C@@H]1C=CC([Si](C)(C)C)([Si](C)(C)C)c2ccccc21. The first kappa shape index (κ1) is 18.0. The van der Waals surface area contributed by atoms with Crippen molar-refractivity contribution in [2.24, 2.45) is 0 Å². The molecule has 0 unspecified atom stereocenters. The van der Waals surface area contributed by atoms with E-state index >= 15 is 0 Å². The van der Waals surface area contributed by atoms with Gasteiger partial charge in [-0.15, -0.1) is 0 Å². The van der Waals surface area contributed by atoms with E-state index in [2.05, 4.69) is 95.3 Å². The minimum absolute atomic E-state index is 0.354. The van der Waals surface area contributed by atoms with Crippen LogP contribution < -0.4 is 0 Å². The van der Waals surface area contributed by atoms with Crippen LogP contribution in [0.15, 0.2) is 36.4 Å². The van der Waals surface area contributed by atoms with Gasteiger partial charge in [0.15, 0.2) is 0 Å². The van der Waals surface area contributed by atoms with Crippen molar-refractivity contribution in [1.29, 1.82) is 0 Å². The van der Waals surface area contributed by atoms with Crippen molar-refractivity contribution in [1.82, 2.24) is 0 Å². The summed E-state index contributed by atoms with van der Waals surface area (Å²) in [5.74, 6) is 0. The molecule has 0 nitrogen and oxygen atoms in total. The number of allylic oxidation sites excluding steroid dienone is 2. The molecule has 0 spiro atoms. The predicted octanol–water partition coefficient (Wildman–Crippen LogP) is 6.21. The lowest BCUT2D eigenvalue weighted by Crippen LogP contribution is -2.64. The van der Waals surface area contributed by atoms with Gasteiger partial charge in [0.25, 0.3) is 0 Å². The van der Waals surface area contributed by atoms with E-state index in [0.29, 0.717) is 10.2 Å². The van der Waals surface area contributed by atoms with Crippen LogP contribution in [0.4, 0.5) is 0 Å². The molecule has 0 aliphatic heterocycles. The van der Waals surface area contributed by atoms with Gasteiger partial charge in [0.05, 0.1) is 24.2 Å². The van der Waals surface area contributed by atoms with Gasteiger partial charge < -0.3 is 0 Å². The van der Waals surface area contributed by atoms with Gasteiger partial charge >= 0.3 is 0 Å². The molecule has 0 fully saturated rings. The molecule has 0 heterocycles. The maximum atomic E-state index is 2.69. The first-order valence-corrected chi connectivity index (χ1v) is 19.2. The van der Waals surface area contributed by atoms with Gasteiger partial charge in [0, 0.05) is 4.66 Å². The summed E-state index contributed by atoms with van der Waals surface area (Å²) < 4.78 is 0.354. The zero-order valence-electron chi connectivity index (χ0n) is 16.0. The number of hydrogen-bond acceptors (Lipinski definition) is 0. The van der Waals surface area contributed by atoms with Crippen molar-refractivity contribution >= 4 is 24.2 Å².